The third kappa shape index (κ3) is 1.74. The minimum Gasteiger partial charge on any atom is -0.459 e. The summed E-state index contributed by atoms with van der Waals surface area (Å²) in [5.41, 5.74) is 5.42. The Kier molecular flexibility index (Phi) is 1.90. The third-order valence-corrected chi connectivity index (χ3v) is 1.17. The Morgan fingerprint density at radius 1 is 1.45 bits per heavy atom. The lowest BCUT2D eigenvalue weighted by Gasteiger charge is -1.98. The fourth-order valence-electron chi connectivity index (χ4n) is 0.631. The molecule has 0 radical (unpaired) electrons. The van der Waals surface area contributed by atoms with E-state index in [0.29, 0.717) is 5.56 Å². The van der Waals surface area contributed by atoms with Gasteiger partial charge >= 0.3 is 6.18 Å². The number of rotatable bonds is 1. The first-order chi connectivity index (χ1) is 5.04. The van der Waals surface area contributed by atoms with Crippen LogP contribution >= 0.6 is 0 Å². The molecule has 0 spiro atoms. The third-order valence-electron chi connectivity index (χ3n) is 1.17. The largest absolute Gasteiger partial charge is 0.459 e. The highest BCUT2D eigenvalue weighted by Crippen LogP contribution is 2.30. The van der Waals surface area contributed by atoms with Crippen LogP contribution in [-0.2, 0) is 12.7 Å². The normalized spacial score (nSPS) is 12.0. The summed E-state index contributed by atoms with van der Waals surface area (Å²) in [7, 11) is 0. The molecule has 5 heteroatoms. The fraction of sp³-hybridized carbons (Fsp3) is 0.333. The molecule has 0 aromatic carbocycles. The van der Waals surface area contributed by atoms with Crippen LogP contribution in [0, 0.1) is 0 Å². The van der Waals surface area contributed by atoms with Crippen molar-refractivity contribution >= 4 is 0 Å². The van der Waals surface area contributed by atoms with Crippen molar-refractivity contribution in [1.29, 1.82) is 0 Å². The fourth-order valence-corrected chi connectivity index (χ4v) is 0.631. The molecule has 2 nitrogen and oxygen atoms in total. The van der Waals surface area contributed by atoms with Crippen molar-refractivity contribution in [2.24, 2.45) is 5.73 Å². The highest BCUT2D eigenvalue weighted by Gasteiger charge is 2.34. The molecular weight excluding hydrogens is 159 g/mol. The standard InChI is InChI=1S/C6H6F3NO/c7-6(8,9)5-1-4(2-10)3-11-5/h1,3H,2,10H2. The molecule has 0 unspecified atom stereocenters. The van der Waals surface area contributed by atoms with Gasteiger partial charge in [0.15, 0.2) is 0 Å². The van der Waals surface area contributed by atoms with Gasteiger partial charge in [-0.25, -0.2) is 0 Å². The second-order valence-electron chi connectivity index (χ2n) is 2.02. The molecule has 11 heavy (non-hydrogen) atoms. The van der Waals surface area contributed by atoms with Crippen LogP contribution in [0.1, 0.15) is 11.3 Å². The molecule has 0 saturated carbocycles. The molecule has 1 rings (SSSR count). The van der Waals surface area contributed by atoms with Crippen molar-refractivity contribution in [1.82, 2.24) is 0 Å². The number of hydrogen-bond acceptors (Lipinski definition) is 2. The van der Waals surface area contributed by atoms with Gasteiger partial charge in [0.1, 0.15) is 0 Å². The van der Waals surface area contributed by atoms with Gasteiger partial charge in [0.25, 0.3) is 0 Å². The average molecular weight is 165 g/mol. The summed E-state index contributed by atoms with van der Waals surface area (Å²) in [6.07, 6.45) is -3.41. The van der Waals surface area contributed by atoms with Gasteiger partial charge in [-0.15, -0.1) is 0 Å². The van der Waals surface area contributed by atoms with Crippen LogP contribution in [0.15, 0.2) is 16.7 Å². The molecule has 0 saturated heterocycles. The predicted molar refractivity (Wildman–Crippen MR) is 31.6 cm³/mol. The maximum absolute atomic E-state index is 11.8. The Balaban J connectivity index is 2.89. The van der Waals surface area contributed by atoms with Crippen molar-refractivity contribution < 1.29 is 17.6 Å². The second-order valence-corrected chi connectivity index (χ2v) is 2.02. The predicted octanol–water partition coefficient (Wildman–Crippen LogP) is 1.76. The van der Waals surface area contributed by atoms with E-state index in [-0.39, 0.29) is 6.54 Å². The van der Waals surface area contributed by atoms with Crippen LogP contribution < -0.4 is 5.73 Å². The van der Waals surface area contributed by atoms with E-state index >= 15 is 0 Å². The molecule has 1 aromatic heterocycles. The van der Waals surface area contributed by atoms with E-state index in [4.69, 9.17) is 5.73 Å². The summed E-state index contributed by atoms with van der Waals surface area (Å²) in [6.45, 7) is 0.0551. The molecule has 0 bridgehead atoms. The molecule has 0 atom stereocenters. The van der Waals surface area contributed by atoms with E-state index in [1.807, 2.05) is 0 Å². The number of nitrogens with two attached hydrogens (primary N) is 1. The lowest BCUT2D eigenvalue weighted by atomic mass is 10.3. The lowest BCUT2D eigenvalue weighted by molar-refractivity contribution is -0.153. The molecule has 0 fully saturated rings. The summed E-state index contributed by atoms with van der Waals surface area (Å²) in [4.78, 5) is 0. The van der Waals surface area contributed by atoms with E-state index in [2.05, 4.69) is 4.42 Å². The maximum atomic E-state index is 11.8. The first-order valence-electron chi connectivity index (χ1n) is 2.88. The van der Waals surface area contributed by atoms with Gasteiger partial charge in [-0.1, -0.05) is 0 Å². The van der Waals surface area contributed by atoms with E-state index in [1.165, 1.54) is 0 Å². The zero-order chi connectivity index (χ0) is 8.48. The molecule has 1 aromatic rings. The highest BCUT2D eigenvalue weighted by molar-refractivity contribution is 5.14. The number of furan rings is 1. The van der Waals surface area contributed by atoms with E-state index in [9.17, 15) is 13.2 Å². The molecule has 1 heterocycles. The Morgan fingerprint density at radius 3 is 2.36 bits per heavy atom. The summed E-state index contributed by atoms with van der Waals surface area (Å²) in [6, 6.07) is 0.889. The molecule has 0 aliphatic carbocycles. The van der Waals surface area contributed by atoms with Crippen molar-refractivity contribution in [3.8, 4) is 0 Å². The van der Waals surface area contributed by atoms with E-state index in [1.54, 1.807) is 0 Å². The Labute approximate surface area is 60.8 Å². The van der Waals surface area contributed by atoms with Gasteiger partial charge in [-0.3, -0.25) is 0 Å². The quantitative estimate of drug-likeness (QED) is 0.688. The Morgan fingerprint density at radius 2 is 2.09 bits per heavy atom. The minimum absolute atomic E-state index is 0.0551. The van der Waals surface area contributed by atoms with Crippen LogP contribution in [-0.4, -0.2) is 0 Å². The topological polar surface area (TPSA) is 39.2 Å². The van der Waals surface area contributed by atoms with Gasteiger partial charge < -0.3 is 10.2 Å². The van der Waals surface area contributed by atoms with Crippen LogP contribution in [0.4, 0.5) is 13.2 Å². The smallest absolute Gasteiger partial charge is 0.449 e. The zero-order valence-electron chi connectivity index (χ0n) is 5.48. The van der Waals surface area contributed by atoms with E-state index < -0.39 is 11.9 Å². The van der Waals surface area contributed by atoms with Crippen molar-refractivity contribution in [3.05, 3.63) is 23.7 Å². The van der Waals surface area contributed by atoms with Crippen molar-refractivity contribution in [3.63, 3.8) is 0 Å². The van der Waals surface area contributed by atoms with Crippen molar-refractivity contribution in [2.45, 2.75) is 12.7 Å². The summed E-state index contributed by atoms with van der Waals surface area (Å²) >= 11 is 0. The van der Waals surface area contributed by atoms with E-state index in [0.717, 1.165) is 12.3 Å². The first-order valence-corrected chi connectivity index (χ1v) is 2.88. The molecule has 2 N–H and O–H groups in total. The first kappa shape index (κ1) is 8.13. The molecule has 0 aliphatic rings. The summed E-state index contributed by atoms with van der Waals surface area (Å²) in [5.74, 6) is -1.00. The van der Waals surface area contributed by atoms with Crippen LogP contribution in [0.25, 0.3) is 0 Å². The maximum Gasteiger partial charge on any atom is 0.449 e. The van der Waals surface area contributed by atoms with Gasteiger partial charge in [0, 0.05) is 12.1 Å². The zero-order valence-corrected chi connectivity index (χ0v) is 5.48. The van der Waals surface area contributed by atoms with Crippen molar-refractivity contribution in [2.75, 3.05) is 0 Å². The number of hydrogen-bond donors (Lipinski definition) is 1. The molecule has 62 valence electrons. The SMILES string of the molecule is NCc1coc(C(F)(F)F)c1. The molecule has 0 amide bonds. The van der Waals surface area contributed by atoms with Crippen LogP contribution in [0.3, 0.4) is 0 Å². The average Bonchev–Trinajstić information content (AvgIpc) is 2.32. The number of halogens is 3. The Bertz CT molecular complexity index is 240. The van der Waals surface area contributed by atoms with Crippen LogP contribution in [0.2, 0.25) is 0 Å². The summed E-state index contributed by atoms with van der Waals surface area (Å²) < 4.78 is 39.6. The van der Waals surface area contributed by atoms with Gasteiger partial charge in [-0.05, 0) is 6.07 Å². The molecular formula is C6H6F3NO. The summed E-state index contributed by atoms with van der Waals surface area (Å²) in [5, 5.41) is 0. The van der Waals surface area contributed by atoms with Gasteiger partial charge in [0.05, 0.1) is 6.26 Å². The lowest BCUT2D eigenvalue weighted by Crippen LogP contribution is -2.02. The number of alkyl halides is 3. The van der Waals surface area contributed by atoms with Gasteiger partial charge in [-0.2, -0.15) is 13.2 Å². The second kappa shape index (κ2) is 2.58. The monoisotopic (exact) mass is 165 g/mol. The Hall–Kier alpha value is -0.970. The highest BCUT2D eigenvalue weighted by atomic mass is 19.4. The van der Waals surface area contributed by atoms with Crippen LogP contribution in [0.5, 0.6) is 0 Å². The minimum atomic E-state index is -4.41. The molecule has 0 aliphatic heterocycles. The van der Waals surface area contributed by atoms with Gasteiger partial charge in [0.2, 0.25) is 5.76 Å².